The molecule has 2 rings (SSSR count). The number of halogens is 1. The van der Waals surface area contributed by atoms with Crippen molar-refractivity contribution >= 4 is 15.9 Å². The summed E-state index contributed by atoms with van der Waals surface area (Å²) in [6.07, 6.45) is 0.763. The molecule has 0 heterocycles. The van der Waals surface area contributed by atoms with E-state index in [0.29, 0.717) is 25.1 Å². The summed E-state index contributed by atoms with van der Waals surface area (Å²) in [5, 5.41) is 0. The van der Waals surface area contributed by atoms with E-state index in [4.69, 9.17) is 0 Å². The predicted octanol–water partition coefficient (Wildman–Crippen LogP) is 3.45. The second kappa shape index (κ2) is 9.80. The highest BCUT2D eigenvalue weighted by Crippen LogP contribution is 2.17. The molecule has 0 aliphatic heterocycles. The van der Waals surface area contributed by atoms with Gasteiger partial charge in [-0.2, -0.15) is 4.31 Å². The van der Waals surface area contributed by atoms with Crippen molar-refractivity contribution in [3.8, 4) is 0 Å². The number of benzene rings is 2. The van der Waals surface area contributed by atoms with Crippen molar-refractivity contribution < 1.29 is 17.6 Å². The molecule has 0 bridgehead atoms. The molecule has 152 valence electrons. The third kappa shape index (κ3) is 5.39. The van der Waals surface area contributed by atoms with Crippen LogP contribution in [-0.4, -0.2) is 43.7 Å². The van der Waals surface area contributed by atoms with E-state index in [2.05, 4.69) is 0 Å². The average Bonchev–Trinajstić information content (AvgIpc) is 2.68. The molecule has 28 heavy (non-hydrogen) atoms. The molecule has 0 spiro atoms. The van der Waals surface area contributed by atoms with Crippen molar-refractivity contribution in [2.45, 2.75) is 38.1 Å². The van der Waals surface area contributed by atoms with Crippen LogP contribution in [0.5, 0.6) is 0 Å². The number of rotatable bonds is 9. The van der Waals surface area contributed by atoms with Crippen molar-refractivity contribution in [3.05, 3.63) is 65.5 Å². The molecule has 2 aromatic carbocycles. The summed E-state index contributed by atoms with van der Waals surface area (Å²) in [4.78, 5) is 14.1. The number of amides is 1. The Morgan fingerprint density at radius 3 is 2.18 bits per heavy atom. The van der Waals surface area contributed by atoms with Crippen molar-refractivity contribution in [1.82, 2.24) is 9.21 Å². The lowest BCUT2D eigenvalue weighted by Gasteiger charge is -2.19. The average molecular weight is 407 g/mol. The van der Waals surface area contributed by atoms with E-state index in [1.165, 1.54) is 15.3 Å². The number of hydrogen-bond donors (Lipinski definition) is 0. The largest absolute Gasteiger partial charge is 0.341 e. The minimum absolute atomic E-state index is 0.0944. The van der Waals surface area contributed by atoms with E-state index in [0.717, 1.165) is 5.56 Å². The van der Waals surface area contributed by atoms with Gasteiger partial charge in [-0.05, 0) is 30.2 Å². The second-order valence-corrected chi connectivity index (χ2v) is 8.51. The molecule has 0 atom stereocenters. The number of hydrogen-bond acceptors (Lipinski definition) is 3. The van der Waals surface area contributed by atoms with Crippen LogP contribution in [0.3, 0.4) is 0 Å². The first-order valence-corrected chi connectivity index (χ1v) is 10.8. The van der Waals surface area contributed by atoms with E-state index in [1.807, 2.05) is 0 Å². The fourth-order valence-corrected chi connectivity index (χ4v) is 4.41. The Labute approximate surface area is 166 Å². The van der Waals surface area contributed by atoms with Crippen LogP contribution in [-0.2, 0) is 27.8 Å². The summed E-state index contributed by atoms with van der Waals surface area (Å²) in [6.45, 7) is 4.66. The monoisotopic (exact) mass is 406 g/mol. The van der Waals surface area contributed by atoms with Crippen LogP contribution in [0.2, 0.25) is 0 Å². The van der Waals surface area contributed by atoms with Gasteiger partial charge in [-0.25, -0.2) is 12.8 Å². The standard InChI is InChI=1S/C21H27FN2O3S/c1-4-24(5-2)28(26,27)19-13-10-17(11-14-19)12-15-21(25)23(3)16-18-8-6-7-9-20(18)22/h6-11,13-14H,4-5,12,15-16H2,1-3H3. The molecule has 0 fully saturated rings. The maximum Gasteiger partial charge on any atom is 0.243 e. The van der Waals surface area contributed by atoms with E-state index in [-0.39, 0.29) is 29.6 Å². The predicted molar refractivity (Wildman–Crippen MR) is 108 cm³/mol. The second-order valence-electron chi connectivity index (χ2n) is 6.57. The zero-order valence-corrected chi connectivity index (χ0v) is 17.4. The quantitative estimate of drug-likeness (QED) is 0.641. The first kappa shape index (κ1) is 22.0. The molecule has 7 heteroatoms. The highest BCUT2D eigenvalue weighted by atomic mass is 32.2. The molecule has 0 aromatic heterocycles. The lowest BCUT2D eigenvalue weighted by Crippen LogP contribution is -2.30. The van der Waals surface area contributed by atoms with E-state index in [1.54, 1.807) is 63.4 Å². The molecule has 0 aliphatic carbocycles. The first-order valence-electron chi connectivity index (χ1n) is 9.36. The van der Waals surface area contributed by atoms with Gasteiger partial charge in [-0.15, -0.1) is 0 Å². The number of carbonyl (C=O) groups excluding carboxylic acids is 1. The van der Waals surface area contributed by atoms with Crippen molar-refractivity contribution in [1.29, 1.82) is 0 Å². The molecule has 2 aromatic rings. The number of sulfonamides is 1. The molecular weight excluding hydrogens is 379 g/mol. The van der Waals surface area contributed by atoms with Gasteiger partial charge in [0.15, 0.2) is 0 Å². The van der Waals surface area contributed by atoms with Crippen molar-refractivity contribution in [3.63, 3.8) is 0 Å². The molecular formula is C21H27FN2O3S. The molecule has 0 saturated heterocycles. The SMILES string of the molecule is CCN(CC)S(=O)(=O)c1ccc(CCC(=O)N(C)Cc2ccccc2F)cc1. The van der Waals surface area contributed by atoms with Gasteiger partial charge in [0.2, 0.25) is 15.9 Å². The Balaban J connectivity index is 1.95. The summed E-state index contributed by atoms with van der Waals surface area (Å²) in [7, 11) is -1.83. The third-order valence-electron chi connectivity index (χ3n) is 4.69. The lowest BCUT2D eigenvalue weighted by molar-refractivity contribution is -0.130. The van der Waals surface area contributed by atoms with E-state index >= 15 is 0 Å². The Bertz CT molecular complexity index is 894. The normalized spacial score (nSPS) is 11.6. The van der Waals surface area contributed by atoms with Gasteiger partial charge in [0.25, 0.3) is 0 Å². The number of aryl methyl sites for hydroxylation is 1. The van der Waals surface area contributed by atoms with Crippen LogP contribution >= 0.6 is 0 Å². The fraction of sp³-hybridized carbons (Fsp3) is 0.381. The zero-order valence-electron chi connectivity index (χ0n) is 16.6. The Morgan fingerprint density at radius 1 is 1.00 bits per heavy atom. The molecule has 0 saturated carbocycles. The minimum Gasteiger partial charge on any atom is -0.341 e. The van der Waals surface area contributed by atoms with Crippen LogP contribution in [0.15, 0.2) is 53.4 Å². The Kier molecular flexibility index (Phi) is 7.71. The van der Waals surface area contributed by atoms with Crippen LogP contribution in [0.1, 0.15) is 31.4 Å². The van der Waals surface area contributed by atoms with Gasteiger partial charge >= 0.3 is 0 Å². The summed E-state index contributed by atoms with van der Waals surface area (Å²) in [6, 6.07) is 13.0. The van der Waals surface area contributed by atoms with Crippen molar-refractivity contribution in [2.75, 3.05) is 20.1 Å². The molecule has 1 amide bonds. The third-order valence-corrected chi connectivity index (χ3v) is 6.75. The summed E-state index contributed by atoms with van der Waals surface area (Å²) < 4.78 is 40.1. The number of nitrogens with zero attached hydrogens (tertiary/aromatic N) is 2. The molecule has 5 nitrogen and oxygen atoms in total. The van der Waals surface area contributed by atoms with Gasteiger partial charge < -0.3 is 4.90 Å². The topological polar surface area (TPSA) is 57.7 Å². The maximum absolute atomic E-state index is 13.7. The Morgan fingerprint density at radius 2 is 1.61 bits per heavy atom. The molecule has 0 N–H and O–H groups in total. The van der Waals surface area contributed by atoms with Gasteiger partial charge in [-0.1, -0.05) is 44.2 Å². The van der Waals surface area contributed by atoms with E-state index in [9.17, 15) is 17.6 Å². The highest BCUT2D eigenvalue weighted by molar-refractivity contribution is 7.89. The van der Waals surface area contributed by atoms with Crippen LogP contribution < -0.4 is 0 Å². The van der Waals surface area contributed by atoms with Crippen LogP contribution in [0, 0.1) is 5.82 Å². The minimum atomic E-state index is -3.48. The lowest BCUT2D eigenvalue weighted by atomic mass is 10.1. The van der Waals surface area contributed by atoms with Crippen molar-refractivity contribution in [2.24, 2.45) is 0 Å². The highest BCUT2D eigenvalue weighted by Gasteiger charge is 2.21. The van der Waals surface area contributed by atoms with Crippen LogP contribution in [0.4, 0.5) is 4.39 Å². The van der Waals surface area contributed by atoms with Crippen LogP contribution in [0.25, 0.3) is 0 Å². The maximum atomic E-state index is 13.7. The molecule has 0 aliphatic rings. The fourth-order valence-electron chi connectivity index (χ4n) is 2.95. The number of carbonyl (C=O) groups is 1. The first-order chi connectivity index (χ1) is 13.3. The summed E-state index contributed by atoms with van der Waals surface area (Å²) in [5.41, 5.74) is 1.36. The Hall–Kier alpha value is -2.25. The molecule has 0 unspecified atom stereocenters. The molecule has 0 radical (unpaired) electrons. The van der Waals surface area contributed by atoms with Gasteiger partial charge in [-0.3, -0.25) is 4.79 Å². The zero-order chi connectivity index (χ0) is 20.7. The van der Waals surface area contributed by atoms with Gasteiger partial charge in [0.1, 0.15) is 5.82 Å². The summed E-state index contributed by atoms with van der Waals surface area (Å²) in [5.74, 6) is -0.421. The van der Waals surface area contributed by atoms with E-state index < -0.39 is 10.0 Å². The van der Waals surface area contributed by atoms with Gasteiger partial charge in [0, 0.05) is 38.7 Å². The summed E-state index contributed by atoms with van der Waals surface area (Å²) >= 11 is 0. The van der Waals surface area contributed by atoms with Gasteiger partial charge in [0.05, 0.1) is 4.90 Å². The smallest absolute Gasteiger partial charge is 0.243 e.